The lowest BCUT2D eigenvalue weighted by Crippen LogP contribution is -2.04. The molecular weight excluding hydrogens is 240 g/mol. The van der Waals surface area contributed by atoms with Crippen LogP contribution in [0.5, 0.6) is 5.75 Å². The summed E-state index contributed by atoms with van der Waals surface area (Å²) in [5.74, 6) is 2.13. The first-order valence-electron chi connectivity index (χ1n) is 6.11. The minimum Gasteiger partial charge on any atom is -0.496 e. The molecule has 1 aromatic heterocycles. The van der Waals surface area contributed by atoms with Crippen molar-refractivity contribution in [2.24, 2.45) is 0 Å². The van der Waals surface area contributed by atoms with Gasteiger partial charge >= 0.3 is 0 Å². The molecule has 5 heteroatoms. The first-order valence-corrected chi connectivity index (χ1v) is 6.11. The van der Waals surface area contributed by atoms with Crippen LogP contribution in [0.4, 0.5) is 5.82 Å². The first kappa shape index (κ1) is 13.3. The summed E-state index contributed by atoms with van der Waals surface area (Å²) in [4.78, 5) is 4.37. The van der Waals surface area contributed by atoms with Crippen LogP contribution in [0.2, 0.25) is 0 Å². The van der Waals surface area contributed by atoms with Crippen LogP contribution in [0.3, 0.4) is 0 Å². The summed E-state index contributed by atoms with van der Waals surface area (Å²) in [7, 11) is 3.48. The predicted molar refractivity (Wildman–Crippen MR) is 75.6 cm³/mol. The lowest BCUT2D eigenvalue weighted by molar-refractivity contribution is 0.415. The molecule has 0 aliphatic rings. The van der Waals surface area contributed by atoms with Crippen LogP contribution in [0.25, 0.3) is 11.3 Å². The van der Waals surface area contributed by atoms with Gasteiger partial charge in [0.2, 0.25) is 0 Å². The smallest absolute Gasteiger partial charge is 0.156 e. The molecule has 0 saturated carbocycles. The van der Waals surface area contributed by atoms with Gasteiger partial charge in [-0.05, 0) is 38.0 Å². The van der Waals surface area contributed by atoms with Gasteiger partial charge in [0.1, 0.15) is 17.3 Å². The van der Waals surface area contributed by atoms with Gasteiger partial charge in [0.25, 0.3) is 0 Å². The maximum absolute atomic E-state index is 5.47. The van der Waals surface area contributed by atoms with Gasteiger partial charge in [0.15, 0.2) is 5.82 Å². The van der Waals surface area contributed by atoms with E-state index in [0.29, 0.717) is 17.3 Å². The third-order valence-electron chi connectivity index (χ3n) is 2.93. The number of hydrogen-bond donors (Lipinski definition) is 1. The van der Waals surface area contributed by atoms with Crippen LogP contribution in [-0.4, -0.2) is 29.3 Å². The van der Waals surface area contributed by atoms with Crippen molar-refractivity contribution in [3.05, 3.63) is 29.1 Å². The topological polar surface area (TPSA) is 59.9 Å². The van der Waals surface area contributed by atoms with Crippen molar-refractivity contribution in [3.63, 3.8) is 0 Å². The Labute approximate surface area is 113 Å². The molecule has 5 nitrogen and oxygen atoms in total. The second-order valence-corrected chi connectivity index (χ2v) is 4.47. The van der Waals surface area contributed by atoms with Crippen molar-refractivity contribution >= 4 is 5.82 Å². The molecule has 0 fully saturated rings. The molecule has 0 bridgehead atoms. The second kappa shape index (κ2) is 5.22. The maximum Gasteiger partial charge on any atom is 0.156 e. The molecule has 0 atom stereocenters. The van der Waals surface area contributed by atoms with Crippen LogP contribution in [0, 0.1) is 20.8 Å². The maximum atomic E-state index is 5.47. The largest absolute Gasteiger partial charge is 0.496 e. The number of hydrogen-bond acceptors (Lipinski definition) is 5. The molecule has 100 valence electrons. The predicted octanol–water partition coefficient (Wildman–Crippen LogP) is 2.51. The van der Waals surface area contributed by atoms with E-state index >= 15 is 0 Å². The van der Waals surface area contributed by atoms with E-state index in [2.05, 4.69) is 26.6 Å². The van der Waals surface area contributed by atoms with Crippen molar-refractivity contribution < 1.29 is 4.74 Å². The number of rotatable bonds is 3. The summed E-state index contributed by atoms with van der Waals surface area (Å²) in [6.45, 7) is 5.89. The van der Waals surface area contributed by atoms with Crippen LogP contribution < -0.4 is 10.1 Å². The Morgan fingerprint density at radius 1 is 1.11 bits per heavy atom. The van der Waals surface area contributed by atoms with Crippen molar-refractivity contribution in [1.82, 2.24) is 15.2 Å². The zero-order valence-corrected chi connectivity index (χ0v) is 11.9. The van der Waals surface area contributed by atoms with Gasteiger partial charge in [-0.2, -0.15) is 0 Å². The molecular formula is C14H18N4O. The summed E-state index contributed by atoms with van der Waals surface area (Å²) in [5.41, 5.74) is 3.88. The van der Waals surface area contributed by atoms with E-state index in [9.17, 15) is 0 Å². The summed E-state index contributed by atoms with van der Waals surface area (Å²) < 4.78 is 5.47. The summed E-state index contributed by atoms with van der Waals surface area (Å²) in [5, 5.41) is 11.4. The van der Waals surface area contributed by atoms with Crippen LogP contribution in [0.15, 0.2) is 12.1 Å². The molecule has 0 aliphatic carbocycles. The molecule has 2 rings (SSSR count). The standard InChI is InChI=1S/C14H18N4O/c1-8-6-9(2)12(11(7-8)19-5)13-14(15-4)16-10(3)17-18-13/h6-7H,1-5H3,(H,15,16,17). The molecule has 0 radical (unpaired) electrons. The lowest BCUT2D eigenvalue weighted by atomic mass is 10.0. The molecule has 0 aliphatic heterocycles. The van der Waals surface area contributed by atoms with Crippen molar-refractivity contribution in [2.45, 2.75) is 20.8 Å². The van der Waals surface area contributed by atoms with E-state index < -0.39 is 0 Å². The number of methoxy groups -OCH3 is 1. The highest BCUT2D eigenvalue weighted by atomic mass is 16.5. The number of nitrogens with zero attached hydrogens (tertiary/aromatic N) is 3. The molecule has 1 aromatic carbocycles. The fraction of sp³-hybridized carbons (Fsp3) is 0.357. The van der Waals surface area contributed by atoms with Gasteiger partial charge in [-0.15, -0.1) is 10.2 Å². The van der Waals surface area contributed by atoms with Gasteiger partial charge in [0.05, 0.1) is 12.7 Å². The van der Waals surface area contributed by atoms with E-state index in [1.165, 1.54) is 0 Å². The monoisotopic (exact) mass is 258 g/mol. The zero-order chi connectivity index (χ0) is 14.0. The van der Waals surface area contributed by atoms with E-state index in [0.717, 1.165) is 22.4 Å². The Balaban J connectivity index is 2.71. The van der Waals surface area contributed by atoms with Crippen molar-refractivity contribution in [3.8, 4) is 17.0 Å². The number of aromatic nitrogens is 3. The fourth-order valence-corrected chi connectivity index (χ4v) is 2.14. The quantitative estimate of drug-likeness (QED) is 0.916. The van der Waals surface area contributed by atoms with Crippen LogP contribution >= 0.6 is 0 Å². The average Bonchev–Trinajstić information content (AvgIpc) is 2.38. The molecule has 0 saturated heterocycles. The highest BCUT2D eigenvalue weighted by molar-refractivity contribution is 5.78. The molecule has 0 spiro atoms. The number of ether oxygens (including phenoxy) is 1. The van der Waals surface area contributed by atoms with Crippen LogP contribution in [0.1, 0.15) is 17.0 Å². The number of anilines is 1. The Morgan fingerprint density at radius 3 is 2.47 bits per heavy atom. The molecule has 2 aromatic rings. The van der Waals surface area contributed by atoms with Crippen molar-refractivity contribution in [2.75, 3.05) is 19.5 Å². The number of aryl methyl sites for hydroxylation is 3. The highest BCUT2D eigenvalue weighted by Crippen LogP contribution is 2.35. The molecule has 0 amide bonds. The molecule has 0 unspecified atom stereocenters. The van der Waals surface area contributed by atoms with E-state index in [-0.39, 0.29) is 0 Å². The van der Waals surface area contributed by atoms with Gasteiger partial charge < -0.3 is 10.1 Å². The highest BCUT2D eigenvalue weighted by Gasteiger charge is 2.16. The summed E-state index contributed by atoms with van der Waals surface area (Å²) >= 11 is 0. The average molecular weight is 258 g/mol. The Hall–Kier alpha value is -2.17. The SMILES string of the molecule is CNc1nc(C)nnc1-c1c(C)cc(C)cc1OC. The second-order valence-electron chi connectivity index (χ2n) is 4.47. The minimum absolute atomic E-state index is 0.636. The van der Waals surface area contributed by atoms with Gasteiger partial charge in [-0.25, -0.2) is 4.98 Å². The Morgan fingerprint density at radius 2 is 1.84 bits per heavy atom. The number of nitrogens with one attached hydrogen (secondary N) is 1. The Kier molecular flexibility index (Phi) is 3.64. The molecule has 1 N–H and O–H groups in total. The lowest BCUT2D eigenvalue weighted by Gasteiger charge is -2.14. The Bertz CT molecular complexity index is 611. The summed E-state index contributed by atoms with van der Waals surface area (Å²) in [6.07, 6.45) is 0. The van der Waals surface area contributed by atoms with Crippen LogP contribution in [-0.2, 0) is 0 Å². The van der Waals surface area contributed by atoms with E-state index in [4.69, 9.17) is 4.74 Å². The third kappa shape index (κ3) is 2.50. The van der Waals surface area contributed by atoms with Gasteiger partial charge in [0, 0.05) is 7.05 Å². The normalized spacial score (nSPS) is 10.4. The third-order valence-corrected chi connectivity index (χ3v) is 2.93. The fourth-order valence-electron chi connectivity index (χ4n) is 2.14. The van der Waals surface area contributed by atoms with Crippen molar-refractivity contribution in [1.29, 1.82) is 0 Å². The zero-order valence-electron chi connectivity index (χ0n) is 11.9. The molecule has 1 heterocycles. The van der Waals surface area contributed by atoms with E-state index in [1.807, 2.05) is 33.9 Å². The van der Waals surface area contributed by atoms with E-state index in [1.54, 1.807) is 7.11 Å². The number of benzene rings is 1. The minimum atomic E-state index is 0.636. The van der Waals surface area contributed by atoms with Gasteiger partial charge in [-0.3, -0.25) is 0 Å². The first-order chi connectivity index (χ1) is 9.06. The van der Waals surface area contributed by atoms with Gasteiger partial charge in [-0.1, -0.05) is 6.07 Å². The summed E-state index contributed by atoms with van der Waals surface area (Å²) in [6, 6.07) is 4.09. The molecule has 19 heavy (non-hydrogen) atoms.